The molecule has 68 valence electrons. The zero-order chi connectivity index (χ0) is 9.09. The number of esters is 1. The molecule has 0 aromatic heterocycles. The molecular formula is C8H10Cl2O2. The highest BCUT2D eigenvalue weighted by molar-refractivity contribution is 6.44. The topological polar surface area (TPSA) is 26.3 Å². The van der Waals surface area contributed by atoms with Crippen LogP contribution in [0.4, 0.5) is 0 Å². The first-order valence-electron chi connectivity index (χ1n) is 3.95. The lowest BCUT2D eigenvalue weighted by Crippen LogP contribution is -2.25. The Morgan fingerprint density at radius 1 is 1.50 bits per heavy atom. The second-order valence-corrected chi connectivity index (χ2v) is 5.22. The number of carbonyl (C=O) groups excluding carboxylic acids is 1. The zero-order valence-corrected chi connectivity index (χ0v) is 8.39. The third kappa shape index (κ3) is 0.912. The third-order valence-corrected chi connectivity index (χ3v) is 3.52. The van der Waals surface area contributed by atoms with Crippen molar-refractivity contribution in [1.29, 1.82) is 0 Å². The fraction of sp³-hybridized carbons (Fsp3) is 0.875. The van der Waals surface area contributed by atoms with E-state index in [0.29, 0.717) is 0 Å². The Balaban J connectivity index is 2.19. The van der Waals surface area contributed by atoms with Crippen LogP contribution in [0.15, 0.2) is 0 Å². The molecule has 3 atom stereocenters. The van der Waals surface area contributed by atoms with Crippen molar-refractivity contribution in [3.63, 3.8) is 0 Å². The van der Waals surface area contributed by atoms with Gasteiger partial charge in [-0.2, -0.15) is 0 Å². The lowest BCUT2D eigenvalue weighted by Gasteiger charge is -2.18. The van der Waals surface area contributed by atoms with Crippen LogP contribution in [0.25, 0.3) is 0 Å². The molecule has 2 aliphatic rings. The number of halogens is 2. The maximum atomic E-state index is 11.2. The second-order valence-electron chi connectivity index (χ2n) is 4.06. The van der Waals surface area contributed by atoms with Crippen LogP contribution in [0.5, 0.6) is 0 Å². The summed E-state index contributed by atoms with van der Waals surface area (Å²) < 4.78 is 5.02. The summed E-state index contributed by atoms with van der Waals surface area (Å²) in [6, 6.07) is 0. The number of cyclic esters (lactones) is 1. The van der Waals surface area contributed by atoms with E-state index in [-0.39, 0.29) is 29.3 Å². The van der Waals surface area contributed by atoms with Gasteiger partial charge in [0.05, 0.1) is 5.92 Å². The fourth-order valence-electron chi connectivity index (χ4n) is 2.23. The van der Waals surface area contributed by atoms with Gasteiger partial charge in [0.25, 0.3) is 0 Å². The molecule has 1 aliphatic heterocycles. The van der Waals surface area contributed by atoms with Crippen molar-refractivity contribution < 1.29 is 9.53 Å². The summed E-state index contributed by atoms with van der Waals surface area (Å²) in [6.45, 7) is 4.10. The van der Waals surface area contributed by atoms with E-state index < -0.39 is 4.84 Å². The van der Waals surface area contributed by atoms with Crippen LogP contribution in [-0.4, -0.2) is 16.9 Å². The van der Waals surface area contributed by atoms with E-state index in [0.717, 1.165) is 0 Å². The molecule has 0 aromatic carbocycles. The molecule has 1 saturated heterocycles. The zero-order valence-electron chi connectivity index (χ0n) is 6.88. The number of hydrogen-bond acceptors (Lipinski definition) is 2. The van der Waals surface area contributed by atoms with E-state index in [1.54, 1.807) is 0 Å². The molecule has 1 saturated carbocycles. The van der Waals surface area contributed by atoms with E-state index in [9.17, 15) is 4.79 Å². The van der Waals surface area contributed by atoms with Gasteiger partial charge in [-0.1, -0.05) is 13.8 Å². The molecule has 1 aliphatic carbocycles. The summed E-state index contributed by atoms with van der Waals surface area (Å²) >= 11 is 11.4. The average Bonchev–Trinajstić information content (AvgIpc) is 2.37. The predicted molar refractivity (Wildman–Crippen MR) is 46.1 cm³/mol. The first-order chi connectivity index (χ1) is 5.46. The van der Waals surface area contributed by atoms with Crippen LogP contribution in [-0.2, 0) is 9.53 Å². The number of rotatable bonds is 1. The van der Waals surface area contributed by atoms with Crippen molar-refractivity contribution in [1.82, 2.24) is 0 Å². The third-order valence-electron chi connectivity index (χ3n) is 3.02. The highest BCUT2D eigenvalue weighted by Crippen LogP contribution is 2.65. The second kappa shape index (κ2) is 2.30. The summed E-state index contributed by atoms with van der Waals surface area (Å²) in [7, 11) is 0. The molecule has 1 heterocycles. The molecule has 4 heteroatoms. The molecule has 2 nitrogen and oxygen atoms in total. The average molecular weight is 209 g/mol. The van der Waals surface area contributed by atoms with Gasteiger partial charge in [0.15, 0.2) is 0 Å². The van der Waals surface area contributed by atoms with Gasteiger partial charge >= 0.3 is 5.97 Å². The minimum atomic E-state index is -0.592. The van der Waals surface area contributed by atoms with E-state index in [1.165, 1.54) is 0 Å². The number of ether oxygens (including phenoxy) is 1. The van der Waals surface area contributed by atoms with Crippen LogP contribution in [0.1, 0.15) is 13.8 Å². The number of fused-ring (bicyclic) bond motifs is 1. The smallest absolute Gasteiger partial charge is 0.310 e. The molecule has 0 radical (unpaired) electrons. The van der Waals surface area contributed by atoms with E-state index in [2.05, 4.69) is 0 Å². The number of alkyl halides is 2. The van der Waals surface area contributed by atoms with Gasteiger partial charge in [-0.05, 0) is 5.41 Å². The molecule has 0 amide bonds. The van der Waals surface area contributed by atoms with Crippen molar-refractivity contribution in [2.24, 2.45) is 17.3 Å². The summed E-state index contributed by atoms with van der Waals surface area (Å²) in [5, 5.41) is 0. The monoisotopic (exact) mass is 208 g/mol. The molecule has 12 heavy (non-hydrogen) atoms. The Morgan fingerprint density at radius 3 is 2.33 bits per heavy atom. The lowest BCUT2D eigenvalue weighted by atomic mass is 10.1. The van der Waals surface area contributed by atoms with Gasteiger partial charge in [-0.15, -0.1) is 23.2 Å². The normalized spacial score (nSPS) is 42.8. The maximum absolute atomic E-state index is 11.2. The SMILES string of the molecule is CC1(C)C2C(=O)OC(C(Cl)Cl)C21. The molecule has 0 spiro atoms. The summed E-state index contributed by atoms with van der Waals surface area (Å²) in [6.07, 6.45) is -0.291. The van der Waals surface area contributed by atoms with Crippen LogP contribution >= 0.6 is 23.2 Å². The van der Waals surface area contributed by atoms with Gasteiger partial charge < -0.3 is 4.74 Å². The molecule has 0 aromatic rings. The highest BCUT2D eigenvalue weighted by atomic mass is 35.5. The van der Waals surface area contributed by atoms with Crippen molar-refractivity contribution in [3.8, 4) is 0 Å². The van der Waals surface area contributed by atoms with Crippen molar-refractivity contribution in [3.05, 3.63) is 0 Å². The Morgan fingerprint density at radius 2 is 2.08 bits per heavy atom. The van der Waals surface area contributed by atoms with E-state index in [1.807, 2.05) is 13.8 Å². The van der Waals surface area contributed by atoms with Gasteiger partial charge in [0.2, 0.25) is 0 Å². The van der Waals surface area contributed by atoms with Gasteiger partial charge in [-0.25, -0.2) is 0 Å². The van der Waals surface area contributed by atoms with E-state index in [4.69, 9.17) is 27.9 Å². The van der Waals surface area contributed by atoms with Crippen LogP contribution in [0, 0.1) is 17.3 Å². The Hall–Kier alpha value is 0.0500. The van der Waals surface area contributed by atoms with Crippen molar-refractivity contribution in [2.75, 3.05) is 0 Å². The molecular weight excluding hydrogens is 199 g/mol. The first-order valence-corrected chi connectivity index (χ1v) is 4.82. The van der Waals surface area contributed by atoms with Gasteiger partial charge in [0.1, 0.15) is 10.9 Å². The Bertz CT molecular complexity index is 237. The number of carbonyl (C=O) groups is 1. The van der Waals surface area contributed by atoms with Crippen molar-refractivity contribution in [2.45, 2.75) is 24.8 Å². The summed E-state index contributed by atoms with van der Waals surface area (Å²) in [5.41, 5.74) is 0.0437. The summed E-state index contributed by atoms with van der Waals surface area (Å²) in [4.78, 5) is 10.6. The first kappa shape index (κ1) is 8.64. The standard InChI is InChI=1S/C8H10Cl2O2/c1-8(2)3-4(8)7(11)12-5(3)6(9)10/h3-6H,1-2H3. The minimum Gasteiger partial charge on any atom is -0.459 e. The quantitative estimate of drug-likeness (QED) is 0.487. The van der Waals surface area contributed by atoms with Gasteiger partial charge in [-0.3, -0.25) is 4.79 Å². The summed E-state index contributed by atoms with van der Waals surface area (Å²) in [5.74, 6) is 0.119. The fourth-order valence-corrected chi connectivity index (χ4v) is 2.65. The van der Waals surface area contributed by atoms with Crippen molar-refractivity contribution >= 4 is 29.2 Å². The molecule has 2 rings (SSSR count). The highest BCUT2D eigenvalue weighted by Gasteiger charge is 2.72. The molecule has 2 fully saturated rings. The largest absolute Gasteiger partial charge is 0.459 e. The van der Waals surface area contributed by atoms with Gasteiger partial charge in [0, 0.05) is 5.92 Å². The van der Waals surface area contributed by atoms with E-state index >= 15 is 0 Å². The Labute approximate surface area is 81.2 Å². The molecule has 0 N–H and O–H groups in total. The van der Waals surface area contributed by atoms with Crippen LogP contribution in [0.2, 0.25) is 0 Å². The van der Waals surface area contributed by atoms with Crippen LogP contribution in [0.3, 0.4) is 0 Å². The van der Waals surface area contributed by atoms with Crippen LogP contribution < -0.4 is 0 Å². The minimum absolute atomic E-state index is 0.0301. The Kier molecular flexibility index (Phi) is 1.65. The predicted octanol–water partition coefficient (Wildman–Crippen LogP) is 1.99. The number of hydrogen-bond donors (Lipinski definition) is 0. The lowest BCUT2D eigenvalue weighted by molar-refractivity contribution is -0.146. The maximum Gasteiger partial charge on any atom is 0.310 e. The molecule has 3 unspecified atom stereocenters. The molecule has 0 bridgehead atoms.